The molecule has 1 saturated heterocycles. The van der Waals surface area contributed by atoms with Gasteiger partial charge >= 0.3 is 11.9 Å². The molecule has 0 aliphatic carbocycles. The highest BCUT2D eigenvalue weighted by Crippen LogP contribution is 2.43. The normalized spacial score (nSPS) is 20.9. The number of ether oxygens (including phenoxy) is 2. The third kappa shape index (κ3) is 5.83. The number of piperidine rings is 1. The van der Waals surface area contributed by atoms with Gasteiger partial charge in [-0.15, -0.1) is 0 Å². The molecule has 0 N–H and O–H groups in total. The average Bonchev–Trinajstić information content (AvgIpc) is 2.92. The van der Waals surface area contributed by atoms with Crippen molar-refractivity contribution in [2.45, 2.75) is 45.1 Å². The molecule has 0 radical (unpaired) electrons. The molecule has 0 aromatic heterocycles. The molecule has 0 bridgehead atoms. The van der Waals surface area contributed by atoms with E-state index in [1.807, 2.05) is 30.3 Å². The Morgan fingerprint density at radius 3 is 2.37 bits per heavy atom. The maximum Gasteiger partial charge on any atom is 0.337 e. The predicted octanol–water partition coefficient (Wildman–Crippen LogP) is 4.99. The summed E-state index contributed by atoms with van der Waals surface area (Å²) in [4.78, 5) is 45.2. The number of likely N-dealkylation sites (tertiary alicyclic amines) is 1. The van der Waals surface area contributed by atoms with E-state index in [1.54, 1.807) is 32.0 Å². The molecule has 0 spiro atoms. The van der Waals surface area contributed by atoms with Crippen molar-refractivity contribution >= 4 is 23.3 Å². The van der Waals surface area contributed by atoms with E-state index in [-0.39, 0.29) is 16.8 Å². The molecule has 0 amide bonds. The molecule has 3 unspecified atom stereocenters. The summed E-state index contributed by atoms with van der Waals surface area (Å²) in [5.41, 5.74) is 1.81. The topological polar surface area (TPSA) is 111 Å². The minimum atomic E-state index is -1.01. The van der Waals surface area contributed by atoms with E-state index in [4.69, 9.17) is 9.47 Å². The molecule has 2 aromatic carbocycles. The molecule has 38 heavy (non-hydrogen) atoms. The number of aliphatic imine (C=N–C) groups is 1. The Morgan fingerprint density at radius 1 is 1.05 bits per heavy atom. The summed E-state index contributed by atoms with van der Waals surface area (Å²) in [6.45, 7) is 5.71. The van der Waals surface area contributed by atoms with Crippen LogP contribution in [0.3, 0.4) is 0 Å². The molecule has 2 heterocycles. The van der Waals surface area contributed by atoms with Crippen molar-refractivity contribution in [3.8, 4) is 0 Å². The van der Waals surface area contributed by atoms with Crippen molar-refractivity contribution in [3.05, 3.63) is 87.1 Å². The Kier molecular flexibility index (Phi) is 8.68. The largest absolute Gasteiger partial charge is 0.468 e. The number of nitro benzene ring substituents is 1. The first kappa shape index (κ1) is 27.2. The number of esters is 2. The first-order valence-electron chi connectivity index (χ1n) is 12.9. The summed E-state index contributed by atoms with van der Waals surface area (Å²) in [6.07, 6.45) is 2.81. The Bertz CT molecular complexity index is 1250. The number of nitro groups is 1. The van der Waals surface area contributed by atoms with Gasteiger partial charge in [0.25, 0.3) is 5.69 Å². The van der Waals surface area contributed by atoms with E-state index in [0.717, 1.165) is 31.5 Å². The standard InChI is InChI=1S/C29H33N3O6/c1-19-25(28(33)37-3)27(22-14-8-9-15-23(22)32(35)36)26(20(2)30-19)29(34)38-24(21-12-6-4-7-13-21)18-31-16-10-5-11-17-31/h4,6-9,12-15,24-25,27H,5,10-11,16-18H2,1-3H3. The summed E-state index contributed by atoms with van der Waals surface area (Å²) >= 11 is 0. The van der Waals surface area contributed by atoms with Gasteiger partial charge in [0.1, 0.15) is 12.0 Å². The minimum absolute atomic E-state index is 0.125. The van der Waals surface area contributed by atoms with Gasteiger partial charge in [-0.25, -0.2) is 4.79 Å². The average molecular weight is 520 g/mol. The summed E-state index contributed by atoms with van der Waals surface area (Å²) in [5.74, 6) is -3.27. The molecule has 2 aliphatic rings. The van der Waals surface area contributed by atoms with Crippen LogP contribution < -0.4 is 0 Å². The van der Waals surface area contributed by atoms with Crippen LogP contribution >= 0.6 is 0 Å². The fourth-order valence-corrected chi connectivity index (χ4v) is 5.43. The molecule has 0 saturated carbocycles. The lowest BCUT2D eigenvalue weighted by atomic mass is 9.75. The molecule has 3 atom stereocenters. The molecular weight excluding hydrogens is 486 g/mol. The number of hydrogen-bond donors (Lipinski definition) is 0. The Hall–Kier alpha value is -3.85. The number of benzene rings is 2. The lowest BCUT2D eigenvalue weighted by molar-refractivity contribution is -0.385. The van der Waals surface area contributed by atoms with Gasteiger partial charge in [0.2, 0.25) is 0 Å². The van der Waals surface area contributed by atoms with Gasteiger partial charge < -0.3 is 9.47 Å². The first-order valence-corrected chi connectivity index (χ1v) is 12.9. The van der Waals surface area contributed by atoms with Gasteiger partial charge in [0.15, 0.2) is 0 Å². The van der Waals surface area contributed by atoms with E-state index in [0.29, 0.717) is 18.0 Å². The fourth-order valence-electron chi connectivity index (χ4n) is 5.43. The van der Waals surface area contributed by atoms with Crippen molar-refractivity contribution in [1.29, 1.82) is 0 Å². The Balaban J connectivity index is 1.76. The molecule has 200 valence electrons. The lowest BCUT2D eigenvalue weighted by Crippen LogP contribution is -2.38. The Labute approximate surface area is 222 Å². The molecule has 9 nitrogen and oxygen atoms in total. The van der Waals surface area contributed by atoms with Crippen molar-refractivity contribution in [3.63, 3.8) is 0 Å². The number of methoxy groups -OCH3 is 1. The van der Waals surface area contributed by atoms with Crippen LogP contribution in [0.25, 0.3) is 0 Å². The van der Waals surface area contributed by atoms with Crippen LogP contribution in [-0.4, -0.2) is 54.2 Å². The van der Waals surface area contributed by atoms with Gasteiger partial charge in [-0.1, -0.05) is 55.0 Å². The number of nitrogens with zero attached hydrogens (tertiary/aromatic N) is 3. The second-order valence-electron chi connectivity index (χ2n) is 9.71. The van der Waals surface area contributed by atoms with Crippen LogP contribution in [0.5, 0.6) is 0 Å². The first-order chi connectivity index (χ1) is 18.3. The molecular formula is C29H33N3O6. The zero-order valence-electron chi connectivity index (χ0n) is 22.0. The predicted molar refractivity (Wildman–Crippen MR) is 143 cm³/mol. The van der Waals surface area contributed by atoms with Crippen LogP contribution in [0.1, 0.15) is 56.3 Å². The summed E-state index contributed by atoms with van der Waals surface area (Å²) in [5, 5.41) is 12.0. The van der Waals surface area contributed by atoms with E-state index in [1.165, 1.54) is 19.6 Å². The number of rotatable bonds is 8. The minimum Gasteiger partial charge on any atom is -0.468 e. The maximum atomic E-state index is 14.0. The second-order valence-corrected chi connectivity index (χ2v) is 9.71. The van der Waals surface area contributed by atoms with Gasteiger partial charge in [-0.3, -0.25) is 24.8 Å². The third-order valence-corrected chi connectivity index (χ3v) is 7.27. The van der Waals surface area contributed by atoms with Crippen molar-refractivity contribution in [2.75, 3.05) is 26.7 Å². The van der Waals surface area contributed by atoms with Gasteiger partial charge in [0, 0.05) is 35.5 Å². The van der Waals surface area contributed by atoms with Gasteiger partial charge in [-0.2, -0.15) is 0 Å². The monoisotopic (exact) mass is 519 g/mol. The van der Waals surface area contributed by atoms with Crippen LogP contribution in [0, 0.1) is 16.0 Å². The van der Waals surface area contributed by atoms with Gasteiger partial charge in [0.05, 0.1) is 17.6 Å². The van der Waals surface area contributed by atoms with Crippen molar-refractivity contribution in [2.24, 2.45) is 10.9 Å². The summed E-state index contributed by atoms with van der Waals surface area (Å²) in [7, 11) is 1.25. The molecule has 2 aromatic rings. The quantitative estimate of drug-likeness (QED) is 0.274. The number of carbonyl (C=O) groups excluding carboxylic acids is 2. The maximum absolute atomic E-state index is 14.0. The Morgan fingerprint density at radius 2 is 1.71 bits per heavy atom. The van der Waals surface area contributed by atoms with Gasteiger partial charge in [-0.05, 0) is 45.3 Å². The molecule has 9 heteroatoms. The van der Waals surface area contributed by atoms with E-state index in [9.17, 15) is 19.7 Å². The van der Waals surface area contributed by atoms with Crippen molar-refractivity contribution < 1.29 is 24.0 Å². The van der Waals surface area contributed by atoms with E-state index in [2.05, 4.69) is 9.89 Å². The fraction of sp³-hybridized carbons (Fsp3) is 0.414. The van der Waals surface area contributed by atoms with E-state index >= 15 is 0 Å². The summed E-state index contributed by atoms with van der Waals surface area (Å²) in [6, 6.07) is 15.7. The smallest absolute Gasteiger partial charge is 0.337 e. The zero-order valence-corrected chi connectivity index (χ0v) is 22.0. The molecule has 1 fully saturated rings. The highest BCUT2D eigenvalue weighted by molar-refractivity contribution is 6.07. The summed E-state index contributed by atoms with van der Waals surface area (Å²) < 4.78 is 11.2. The van der Waals surface area contributed by atoms with Crippen LogP contribution in [0.15, 0.2) is 70.9 Å². The number of hydrogen-bond acceptors (Lipinski definition) is 8. The van der Waals surface area contributed by atoms with Crippen LogP contribution in [-0.2, 0) is 19.1 Å². The zero-order chi connectivity index (χ0) is 27.2. The third-order valence-electron chi connectivity index (χ3n) is 7.27. The lowest BCUT2D eigenvalue weighted by Gasteiger charge is -2.33. The number of para-hydroxylation sites is 1. The van der Waals surface area contributed by atoms with E-state index < -0.39 is 34.8 Å². The highest BCUT2D eigenvalue weighted by atomic mass is 16.6. The second kappa shape index (κ2) is 12.1. The van der Waals surface area contributed by atoms with Crippen LogP contribution in [0.2, 0.25) is 0 Å². The molecule has 2 aliphatic heterocycles. The number of allylic oxidation sites excluding steroid dienone is 1. The highest BCUT2D eigenvalue weighted by Gasteiger charge is 2.45. The SMILES string of the molecule is COC(=O)C1C(C)=NC(C)=C(C(=O)OC(CN2CCCCC2)c2ccccc2)C1c1ccccc1[N+](=O)[O-]. The van der Waals surface area contributed by atoms with Crippen molar-refractivity contribution in [1.82, 2.24) is 4.90 Å². The molecule has 4 rings (SSSR count). The van der Waals surface area contributed by atoms with Crippen LogP contribution in [0.4, 0.5) is 5.69 Å². The number of carbonyl (C=O) groups is 2.